The van der Waals surface area contributed by atoms with Gasteiger partial charge in [-0.3, -0.25) is 4.99 Å². The van der Waals surface area contributed by atoms with Crippen molar-refractivity contribution in [3.63, 3.8) is 0 Å². The molecule has 0 saturated carbocycles. The van der Waals surface area contributed by atoms with Crippen molar-refractivity contribution in [2.75, 3.05) is 5.32 Å². The maximum Gasteiger partial charge on any atom is 0.161 e. The fourth-order valence-corrected chi connectivity index (χ4v) is 3.36. The Hall–Kier alpha value is -0.190. The Balaban J connectivity index is 2.12. The van der Waals surface area contributed by atoms with Gasteiger partial charge in [0.1, 0.15) is 0 Å². The summed E-state index contributed by atoms with van der Waals surface area (Å²) >= 11 is 11.2. The monoisotopic (exact) mass is 332 g/mol. The molecule has 1 aromatic carbocycles. The van der Waals surface area contributed by atoms with E-state index in [2.05, 4.69) is 40.1 Å². The van der Waals surface area contributed by atoms with Crippen molar-refractivity contribution in [2.24, 2.45) is 4.99 Å². The van der Waals surface area contributed by atoms with Gasteiger partial charge in [-0.05, 0) is 47.5 Å². The summed E-state index contributed by atoms with van der Waals surface area (Å²) < 4.78 is 0.907. The second kappa shape index (κ2) is 5.63. The van der Waals surface area contributed by atoms with Crippen LogP contribution in [-0.4, -0.2) is 16.5 Å². The molecular weight excluding hydrogens is 320 g/mol. The highest BCUT2D eigenvalue weighted by atomic mass is 79.9. The van der Waals surface area contributed by atoms with Gasteiger partial charge in [0.15, 0.2) is 5.17 Å². The number of aliphatic imine (C=N–C) groups is 1. The number of thioether (sulfide) groups is 1. The summed E-state index contributed by atoms with van der Waals surface area (Å²) in [4.78, 5) is 4.59. The van der Waals surface area contributed by atoms with Gasteiger partial charge in [-0.15, -0.1) is 0 Å². The number of benzene rings is 1. The molecule has 0 fully saturated rings. The van der Waals surface area contributed by atoms with E-state index < -0.39 is 0 Å². The van der Waals surface area contributed by atoms with Crippen LogP contribution in [0.1, 0.15) is 20.3 Å². The first-order chi connectivity index (χ1) is 8.04. The predicted octanol–water partition coefficient (Wildman–Crippen LogP) is 4.78. The van der Waals surface area contributed by atoms with Crippen molar-refractivity contribution >= 4 is 50.1 Å². The van der Waals surface area contributed by atoms with E-state index in [0.29, 0.717) is 16.3 Å². The molecule has 17 heavy (non-hydrogen) atoms. The van der Waals surface area contributed by atoms with E-state index in [0.717, 1.165) is 21.7 Å². The van der Waals surface area contributed by atoms with Crippen LogP contribution < -0.4 is 5.32 Å². The predicted molar refractivity (Wildman–Crippen MR) is 81.3 cm³/mol. The number of rotatable bonds is 1. The molecule has 1 aliphatic rings. The van der Waals surface area contributed by atoms with Crippen LogP contribution in [0.2, 0.25) is 5.02 Å². The summed E-state index contributed by atoms with van der Waals surface area (Å²) in [5, 5.41) is 5.61. The molecule has 2 unspecified atom stereocenters. The molecule has 92 valence electrons. The zero-order chi connectivity index (χ0) is 12.4. The molecule has 2 nitrogen and oxygen atoms in total. The number of nitrogens with one attached hydrogen (secondary N) is 1. The molecule has 5 heteroatoms. The third-order valence-electron chi connectivity index (χ3n) is 2.49. The van der Waals surface area contributed by atoms with Crippen molar-refractivity contribution in [1.82, 2.24) is 0 Å². The lowest BCUT2D eigenvalue weighted by Crippen LogP contribution is -2.22. The molecule has 1 aromatic rings. The Morgan fingerprint density at radius 3 is 2.88 bits per heavy atom. The standard InChI is InChI=1S/C12H14BrClN2S/c1-7-5-8(2)17-12(15-7)16-9-3-4-10(13)11(14)6-9/h3-4,6-8H,5H2,1-2H3,(H,15,16). The number of hydrogen-bond acceptors (Lipinski definition) is 3. The summed E-state index contributed by atoms with van der Waals surface area (Å²) in [6, 6.07) is 6.22. The highest BCUT2D eigenvalue weighted by Crippen LogP contribution is 2.29. The van der Waals surface area contributed by atoms with Gasteiger partial charge >= 0.3 is 0 Å². The number of amidine groups is 1. The first kappa shape index (κ1) is 13.2. The maximum atomic E-state index is 6.06. The first-order valence-corrected chi connectivity index (χ1v) is 7.56. The first-order valence-electron chi connectivity index (χ1n) is 5.51. The zero-order valence-corrected chi connectivity index (χ0v) is 12.9. The topological polar surface area (TPSA) is 24.4 Å². The Morgan fingerprint density at radius 1 is 1.47 bits per heavy atom. The van der Waals surface area contributed by atoms with E-state index in [1.54, 1.807) is 11.8 Å². The van der Waals surface area contributed by atoms with Gasteiger partial charge in [-0.25, -0.2) is 0 Å². The van der Waals surface area contributed by atoms with E-state index in [9.17, 15) is 0 Å². The quantitative estimate of drug-likeness (QED) is 0.799. The van der Waals surface area contributed by atoms with Crippen LogP contribution in [0, 0.1) is 0 Å². The van der Waals surface area contributed by atoms with Gasteiger partial charge in [0.25, 0.3) is 0 Å². The minimum atomic E-state index is 0.389. The fraction of sp³-hybridized carbons (Fsp3) is 0.417. The molecule has 0 aliphatic carbocycles. The van der Waals surface area contributed by atoms with Crippen LogP contribution in [0.5, 0.6) is 0 Å². The third kappa shape index (κ3) is 3.63. The largest absolute Gasteiger partial charge is 0.335 e. The van der Waals surface area contributed by atoms with E-state index in [-0.39, 0.29) is 0 Å². The number of hydrogen-bond donors (Lipinski definition) is 1. The Kier molecular flexibility index (Phi) is 4.39. The highest BCUT2D eigenvalue weighted by molar-refractivity contribution is 9.10. The summed E-state index contributed by atoms with van der Waals surface area (Å²) in [6.07, 6.45) is 1.14. The van der Waals surface area contributed by atoms with Crippen molar-refractivity contribution < 1.29 is 0 Å². The van der Waals surface area contributed by atoms with Crippen LogP contribution in [0.3, 0.4) is 0 Å². The van der Waals surface area contributed by atoms with Gasteiger partial charge in [-0.2, -0.15) is 0 Å². The molecule has 0 saturated heterocycles. The number of nitrogens with zero attached hydrogens (tertiary/aromatic N) is 1. The molecule has 1 heterocycles. The summed E-state index contributed by atoms with van der Waals surface area (Å²) in [5.74, 6) is 0. The molecule has 1 N–H and O–H groups in total. The van der Waals surface area contributed by atoms with E-state index >= 15 is 0 Å². The lowest BCUT2D eigenvalue weighted by atomic mass is 10.2. The third-order valence-corrected chi connectivity index (χ3v) is 4.75. The SMILES string of the molecule is CC1CC(C)SC(Nc2ccc(Br)c(Cl)c2)=N1. The van der Waals surface area contributed by atoms with Gasteiger partial charge in [-0.1, -0.05) is 30.3 Å². The molecule has 1 aliphatic heterocycles. The maximum absolute atomic E-state index is 6.06. The number of anilines is 1. The Bertz CT molecular complexity index is 450. The molecule has 0 spiro atoms. The van der Waals surface area contributed by atoms with Crippen molar-refractivity contribution in [2.45, 2.75) is 31.6 Å². The molecule has 2 atom stereocenters. The van der Waals surface area contributed by atoms with Crippen molar-refractivity contribution in [3.05, 3.63) is 27.7 Å². The second-order valence-corrected chi connectivity index (χ2v) is 6.89. The van der Waals surface area contributed by atoms with E-state index in [4.69, 9.17) is 11.6 Å². The molecular formula is C12H14BrClN2S. The van der Waals surface area contributed by atoms with Gasteiger partial charge in [0.2, 0.25) is 0 Å². The fourth-order valence-electron chi connectivity index (χ4n) is 1.76. The molecule has 0 radical (unpaired) electrons. The summed E-state index contributed by atoms with van der Waals surface area (Å²) in [6.45, 7) is 4.37. The Labute approximate surface area is 119 Å². The lowest BCUT2D eigenvalue weighted by molar-refractivity contribution is 0.661. The van der Waals surface area contributed by atoms with Crippen LogP contribution in [0.4, 0.5) is 5.69 Å². The molecule has 0 bridgehead atoms. The summed E-state index contributed by atoms with van der Waals surface area (Å²) in [7, 11) is 0. The van der Waals surface area contributed by atoms with E-state index in [1.807, 2.05) is 18.2 Å². The zero-order valence-electron chi connectivity index (χ0n) is 9.71. The van der Waals surface area contributed by atoms with Crippen LogP contribution in [-0.2, 0) is 0 Å². The van der Waals surface area contributed by atoms with Crippen molar-refractivity contribution in [1.29, 1.82) is 0 Å². The van der Waals surface area contributed by atoms with Crippen LogP contribution in [0.25, 0.3) is 0 Å². The number of halogens is 2. The molecule has 2 rings (SSSR count). The lowest BCUT2D eigenvalue weighted by Gasteiger charge is -2.23. The smallest absolute Gasteiger partial charge is 0.161 e. The van der Waals surface area contributed by atoms with Gasteiger partial charge < -0.3 is 5.32 Å². The minimum absolute atomic E-state index is 0.389. The van der Waals surface area contributed by atoms with E-state index in [1.165, 1.54) is 0 Å². The van der Waals surface area contributed by atoms with Crippen LogP contribution in [0.15, 0.2) is 27.7 Å². The average Bonchev–Trinajstić information content (AvgIpc) is 2.22. The highest BCUT2D eigenvalue weighted by Gasteiger charge is 2.18. The van der Waals surface area contributed by atoms with Gasteiger partial charge in [0, 0.05) is 15.4 Å². The minimum Gasteiger partial charge on any atom is -0.335 e. The summed E-state index contributed by atoms with van der Waals surface area (Å²) in [5.41, 5.74) is 0.978. The second-order valence-electron chi connectivity index (χ2n) is 4.20. The van der Waals surface area contributed by atoms with Crippen molar-refractivity contribution in [3.8, 4) is 0 Å². The normalized spacial score (nSPS) is 24.4. The molecule has 0 aromatic heterocycles. The molecule has 0 amide bonds. The Morgan fingerprint density at radius 2 is 2.24 bits per heavy atom. The van der Waals surface area contributed by atoms with Crippen LogP contribution >= 0.6 is 39.3 Å². The average molecular weight is 334 g/mol. The van der Waals surface area contributed by atoms with Gasteiger partial charge in [0.05, 0.1) is 11.1 Å².